The summed E-state index contributed by atoms with van der Waals surface area (Å²) < 4.78 is 29.5. The molecule has 0 atom stereocenters. The van der Waals surface area contributed by atoms with E-state index in [4.69, 9.17) is 5.84 Å². The van der Waals surface area contributed by atoms with Crippen LogP contribution in [0.3, 0.4) is 0 Å². The first-order valence-corrected chi connectivity index (χ1v) is 10.1. The number of fused-ring (bicyclic) bond motifs is 1. The zero-order valence-corrected chi connectivity index (χ0v) is 13.9. The van der Waals surface area contributed by atoms with Gasteiger partial charge in [0.1, 0.15) is 0 Å². The molecule has 116 valence electrons. The maximum atomic E-state index is 12.6. The third kappa shape index (κ3) is 2.55. The summed E-state index contributed by atoms with van der Waals surface area (Å²) in [5.74, 6) is 5.57. The van der Waals surface area contributed by atoms with Gasteiger partial charge in [0.2, 0.25) is 5.03 Å². The Labute approximate surface area is 131 Å². The van der Waals surface area contributed by atoms with Crippen LogP contribution in [0.5, 0.6) is 0 Å². The molecule has 1 saturated carbocycles. The number of nitrogens with zero attached hydrogens (tertiary/aromatic N) is 2. The van der Waals surface area contributed by atoms with Crippen molar-refractivity contribution in [3.05, 3.63) is 11.6 Å². The van der Waals surface area contributed by atoms with Crippen LogP contribution in [-0.2, 0) is 10.0 Å². The summed E-state index contributed by atoms with van der Waals surface area (Å²) in [6.45, 7) is 0.428. The summed E-state index contributed by atoms with van der Waals surface area (Å²) in [7, 11) is -3.67. The number of sulfonamides is 1. The van der Waals surface area contributed by atoms with Crippen LogP contribution in [0.2, 0.25) is 0 Å². The lowest BCUT2D eigenvalue weighted by Crippen LogP contribution is -2.45. The van der Waals surface area contributed by atoms with E-state index < -0.39 is 10.0 Å². The number of anilines is 1. The normalized spacial score (nSPS) is 17.8. The molecule has 0 amide bonds. The van der Waals surface area contributed by atoms with Crippen LogP contribution in [0.1, 0.15) is 19.3 Å². The smallest absolute Gasteiger partial charge is 0.260 e. The highest BCUT2D eigenvalue weighted by Gasteiger charge is 2.38. The van der Waals surface area contributed by atoms with E-state index in [0.29, 0.717) is 11.5 Å². The highest BCUT2D eigenvalue weighted by molar-refractivity contribution is 8.00. The predicted octanol–water partition coefficient (Wildman–Crippen LogP) is 1.25. The van der Waals surface area contributed by atoms with Crippen molar-refractivity contribution in [1.82, 2.24) is 14.1 Å². The Morgan fingerprint density at radius 1 is 1.57 bits per heavy atom. The Morgan fingerprint density at radius 2 is 2.33 bits per heavy atom. The van der Waals surface area contributed by atoms with Crippen molar-refractivity contribution >= 4 is 43.9 Å². The summed E-state index contributed by atoms with van der Waals surface area (Å²) in [5, 5.41) is 1.86. The Balaban J connectivity index is 1.91. The molecule has 2 aromatic rings. The highest BCUT2D eigenvalue weighted by atomic mass is 32.2. The highest BCUT2D eigenvalue weighted by Crippen LogP contribution is 2.42. The second-order valence-electron chi connectivity index (χ2n) is 5.03. The van der Waals surface area contributed by atoms with Crippen LogP contribution in [-0.4, -0.2) is 35.4 Å². The fourth-order valence-corrected chi connectivity index (χ4v) is 5.58. The van der Waals surface area contributed by atoms with Crippen molar-refractivity contribution in [1.29, 1.82) is 0 Å². The Morgan fingerprint density at radius 3 is 2.90 bits per heavy atom. The molecule has 3 rings (SSSR count). The lowest BCUT2D eigenvalue weighted by Gasteiger charge is -2.40. The number of thioether (sulfide) groups is 1. The number of nitrogen functional groups attached to an aromatic ring is 1. The van der Waals surface area contributed by atoms with Crippen LogP contribution < -0.4 is 16.0 Å². The van der Waals surface area contributed by atoms with E-state index in [0.717, 1.165) is 19.3 Å². The number of imidazole rings is 1. The first kappa shape index (κ1) is 15.1. The van der Waals surface area contributed by atoms with Gasteiger partial charge in [-0.2, -0.15) is 16.7 Å². The molecular formula is C11H17N5O2S3. The number of aromatic nitrogens is 2. The SMILES string of the molecule is CSC1(CNS(=O)(=O)c2c(NN)nc3sccn23)CCC1. The Bertz CT molecular complexity index is 742. The molecule has 21 heavy (non-hydrogen) atoms. The lowest BCUT2D eigenvalue weighted by molar-refractivity contribution is 0.361. The van der Waals surface area contributed by atoms with Crippen molar-refractivity contribution in [2.24, 2.45) is 5.84 Å². The van der Waals surface area contributed by atoms with Gasteiger partial charge >= 0.3 is 0 Å². The summed E-state index contributed by atoms with van der Waals surface area (Å²) >= 11 is 3.08. The molecule has 0 bridgehead atoms. The standard InChI is InChI=1S/C11H17N5O2S3/c1-19-11(3-2-4-11)7-13-21(17,18)9-8(15-12)14-10-16(9)5-6-20-10/h5-6,13,15H,2-4,7,12H2,1H3. The number of hydrogen-bond acceptors (Lipinski definition) is 7. The molecule has 0 unspecified atom stereocenters. The van der Waals surface area contributed by atoms with Gasteiger partial charge in [0.25, 0.3) is 10.0 Å². The van der Waals surface area contributed by atoms with Gasteiger partial charge in [0.05, 0.1) is 0 Å². The van der Waals surface area contributed by atoms with Crippen LogP contribution in [0.25, 0.3) is 4.96 Å². The van der Waals surface area contributed by atoms with E-state index in [2.05, 4.69) is 15.1 Å². The zero-order valence-electron chi connectivity index (χ0n) is 11.5. The Hall–Kier alpha value is -0.810. The van der Waals surface area contributed by atoms with E-state index in [1.807, 2.05) is 6.26 Å². The lowest BCUT2D eigenvalue weighted by atomic mass is 9.84. The first-order valence-electron chi connectivity index (χ1n) is 6.48. The monoisotopic (exact) mass is 347 g/mol. The van der Waals surface area contributed by atoms with Crippen molar-refractivity contribution in [2.75, 3.05) is 18.2 Å². The molecule has 0 aliphatic heterocycles. The van der Waals surface area contributed by atoms with E-state index in [9.17, 15) is 8.42 Å². The van der Waals surface area contributed by atoms with Gasteiger partial charge in [-0.25, -0.2) is 19.0 Å². The number of hydrazine groups is 1. The van der Waals surface area contributed by atoms with Gasteiger partial charge in [-0.3, -0.25) is 4.40 Å². The largest absolute Gasteiger partial charge is 0.306 e. The minimum atomic E-state index is -3.67. The molecule has 0 radical (unpaired) electrons. The van der Waals surface area contributed by atoms with Crippen molar-refractivity contribution in [3.8, 4) is 0 Å². The summed E-state index contributed by atoms with van der Waals surface area (Å²) in [4.78, 5) is 4.77. The molecule has 10 heteroatoms. The fraction of sp³-hybridized carbons (Fsp3) is 0.545. The molecule has 1 aliphatic rings. The second kappa shape index (κ2) is 5.43. The molecule has 0 aromatic carbocycles. The van der Waals surface area contributed by atoms with Crippen LogP contribution in [0.15, 0.2) is 16.6 Å². The van der Waals surface area contributed by atoms with Gasteiger partial charge in [-0.1, -0.05) is 6.42 Å². The first-order chi connectivity index (χ1) is 10.0. The summed E-state index contributed by atoms with van der Waals surface area (Å²) in [6, 6.07) is 0. The summed E-state index contributed by atoms with van der Waals surface area (Å²) in [6.07, 6.45) is 6.93. The van der Waals surface area contributed by atoms with Crippen LogP contribution in [0, 0.1) is 0 Å². The van der Waals surface area contributed by atoms with Crippen molar-refractivity contribution < 1.29 is 8.42 Å². The van der Waals surface area contributed by atoms with Crippen molar-refractivity contribution in [3.63, 3.8) is 0 Å². The third-order valence-electron chi connectivity index (χ3n) is 3.89. The fourth-order valence-electron chi connectivity index (χ4n) is 2.43. The van der Waals surface area contributed by atoms with Gasteiger partial charge in [0.15, 0.2) is 10.8 Å². The molecule has 7 nitrogen and oxygen atoms in total. The van der Waals surface area contributed by atoms with Crippen LogP contribution >= 0.6 is 23.1 Å². The molecular weight excluding hydrogens is 330 g/mol. The molecule has 1 fully saturated rings. The van der Waals surface area contributed by atoms with E-state index >= 15 is 0 Å². The summed E-state index contributed by atoms with van der Waals surface area (Å²) in [5.41, 5.74) is 2.37. The molecule has 1 aliphatic carbocycles. The number of hydrogen-bond donors (Lipinski definition) is 3. The average Bonchev–Trinajstić information content (AvgIpc) is 2.96. The van der Waals surface area contributed by atoms with E-state index in [-0.39, 0.29) is 15.6 Å². The number of thiazole rings is 1. The zero-order chi connectivity index (χ0) is 15.1. The maximum absolute atomic E-state index is 12.6. The molecule has 2 aromatic heterocycles. The van der Waals surface area contributed by atoms with E-state index in [1.54, 1.807) is 23.3 Å². The van der Waals surface area contributed by atoms with Crippen molar-refractivity contribution in [2.45, 2.75) is 29.0 Å². The van der Waals surface area contributed by atoms with Gasteiger partial charge in [-0.15, -0.1) is 11.3 Å². The van der Waals surface area contributed by atoms with E-state index in [1.165, 1.54) is 15.7 Å². The van der Waals surface area contributed by atoms with Gasteiger partial charge in [-0.05, 0) is 19.1 Å². The third-order valence-corrected chi connectivity index (χ3v) is 7.49. The quantitative estimate of drug-likeness (QED) is 0.537. The molecule has 0 spiro atoms. The molecule has 0 saturated heterocycles. The van der Waals surface area contributed by atoms with Crippen LogP contribution in [0.4, 0.5) is 5.82 Å². The maximum Gasteiger partial charge on any atom is 0.260 e. The Kier molecular flexibility index (Phi) is 3.91. The molecule has 4 N–H and O–H groups in total. The number of rotatable bonds is 6. The topological polar surface area (TPSA) is 102 Å². The average molecular weight is 347 g/mol. The second-order valence-corrected chi connectivity index (χ2v) is 8.86. The minimum Gasteiger partial charge on any atom is -0.306 e. The molecule has 2 heterocycles. The van der Waals surface area contributed by atoms with Gasteiger partial charge in [0, 0.05) is 22.9 Å². The predicted molar refractivity (Wildman–Crippen MR) is 86.2 cm³/mol. The minimum absolute atomic E-state index is 0.0296. The number of nitrogens with one attached hydrogen (secondary N) is 2. The number of nitrogens with two attached hydrogens (primary N) is 1. The van der Waals surface area contributed by atoms with Gasteiger partial charge < -0.3 is 5.43 Å².